The van der Waals surface area contributed by atoms with E-state index in [9.17, 15) is 4.79 Å². The van der Waals surface area contributed by atoms with Crippen molar-refractivity contribution in [3.8, 4) is 5.75 Å². The molecule has 1 aromatic rings. The topological polar surface area (TPSA) is 46.5 Å². The molecule has 0 aliphatic carbocycles. The molecule has 0 atom stereocenters. The number of hydrogen-bond acceptors (Lipinski definition) is 2. The quantitative estimate of drug-likeness (QED) is 0.340. The van der Waals surface area contributed by atoms with E-state index in [-0.39, 0.29) is 0 Å². The fourth-order valence-corrected chi connectivity index (χ4v) is 2.62. The van der Waals surface area contributed by atoms with Crippen molar-refractivity contribution in [1.82, 2.24) is 0 Å². The van der Waals surface area contributed by atoms with Crippen molar-refractivity contribution in [2.45, 2.75) is 71.6 Å². The third kappa shape index (κ3) is 7.16. The van der Waals surface area contributed by atoms with Gasteiger partial charge in [-0.15, -0.1) is 0 Å². The summed E-state index contributed by atoms with van der Waals surface area (Å²) < 4.78 is 4.87. The Hall–Kier alpha value is -1.51. The minimum absolute atomic E-state index is 0.491. The van der Waals surface area contributed by atoms with Gasteiger partial charge in [-0.2, -0.15) is 0 Å². The lowest BCUT2D eigenvalue weighted by Gasteiger charge is -2.11. The number of carbonyl (C=O) groups is 1. The monoisotopic (exact) mass is 292 g/mol. The third-order valence-electron chi connectivity index (χ3n) is 3.84. The average Bonchev–Trinajstić information content (AvgIpc) is 2.43. The number of rotatable bonds is 10. The molecule has 0 spiro atoms. The molecule has 1 rings (SSSR count). The zero-order valence-electron chi connectivity index (χ0n) is 13.4. The van der Waals surface area contributed by atoms with Gasteiger partial charge >= 0.3 is 6.16 Å². The first kappa shape index (κ1) is 17.5. The minimum atomic E-state index is -1.24. The maximum absolute atomic E-state index is 10.7. The van der Waals surface area contributed by atoms with Gasteiger partial charge in [0.25, 0.3) is 0 Å². The number of ether oxygens (including phenoxy) is 1. The molecule has 0 bridgehead atoms. The number of carboxylic acid groups (broad SMARTS) is 1. The Balaban J connectivity index is 2.32. The molecule has 0 amide bonds. The Morgan fingerprint density at radius 3 is 2.29 bits per heavy atom. The molecular formula is C18H28O3. The van der Waals surface area contributed by atoms with Crippen molar-refractivity contribution in [3.63, 3.8) is 0 Å². The van der Waals surface area contributed by atoms with E-state index in [1.165, 1.54) is 44.9 Å². The van der Waals surface area contributed by atoms with E-state index >= 15 is 0 Å². The van der Waals surface area contributed by atoms with Gasteiger partial charge in [0, 0.05) is 0 Å². The molecule has 118 valence electrons. The van der Waals surface area contributed by atoms with Gasteiger partial charge in [0.05, 0.1) is 0 Å². The molecule has 0 fully saturated rings. The van der Waals surface area contributed by atoms with Crippen LogP contribution in [0.2, 0.25) is 0 Å². The van der Waals surface area contributed by atoms with Crippen molar-refractivity contribution >= 4 is 6.16 Å². The minimum Gasteiger partial charge on any atom is -0.449 e. The number of hydrogen-bond donors (Lipinski definition) is 1. The summed E-state index contributed by atoms with van der Waals surface area (Å²) in [6.45, 7) is 4.24. The summed E-state index contributed by atoms with van der Waals surface area (Å²) in [5.41, 5.74) is 2.14. The molecule has 0 heterocycles. The van der Waals surface area contributed by atoms with Crippen LogP contribution in [0.4, 0.5) is 4.79 Å². The summed E-state index contributed by atoms with van der Waals surface area (Å²) in [6.07, 6.45) is 9.86. The lowest BCUT2D eigenvalue weighted by Crippen LogP contribution is -2.06. The number of unbranched alkanes of at least 4 members (excludes halogenated alkanes) is 7. The summed E-state index contributed by atoms with van der Waals surface area (Å²) in [5, 5.41) is 8.77. The Labute approximate surface area is 128 Å². The van der Waals surface area contributed by atoms with E-state index < -0.39 is 6.16 Å². The smallest absolute Gasteiger partial charge is 0.449 e. The molecule has 0 aliphatic heterocycles. The van der Waals surface area contributed by atoms with Crippen molar-refractivity contribution in [3.05, 3.63) is 29.3 Å². The van der Waals surface area contributed by atoms with E-state index in [1.807, 2.05) is 19.1 Å². The molecule has 0 saturated heterocycles. The summed E-state index contributed by atoms with van der Waals surface area (Å²) in [5.74, 6) is 0.491. The van der Waals surface area contributed by atoms with Crippen LogP contribution in [0.15, 0.2) is 18.2 Å². The van der Waals surface area contributed by atoms with Crippen molar-refractivity contribution < 1.29 is 14.6 Å². The van der Waals surface area contributed by atoms with Crippen molar-refractivity contribution in [2.75, 3.05) is 0 Å². The van der Waals surface area contributed by atoms with Crippen molar-refractivity contribution in [1.29, 1.82) is 0 Å². The highest BCUT2D eigenvalue weighted by Crippen LogP contribution is 2.24. The molecule has 0 saturated carbocycles. The van der Waals surface area contributed by atoms with Crippen LogP contribution in [-0.2, 0) is 6.42 Å². The molecule has 1 N–H and O–H groups in total. The highest BCUT2D eigenvalue weighted by atomic mass is 16.7. The molecule has 0 radical (unpaired) electrons. The van der Waals surface area contributed by atoms with Gasteiger partial charge in [0.1, 0.15) is 5.75 Å². The highest BCUT2D eigenvalue weighted by Gasteiger charge is 2.09. The van der Waals surface area contributed by atoms with Crippen LogP contribution >= 0.6 is 0 Å². The predicted molar refractivity (Wildman–Crippen MR) is 86.1 cm³/mol. The number of aryl methyl sites for hydroxylation is 1. The van der Waals surface area contributed by atoms with Crippen LogP contribution in [0.25, 0.3) is 0 Å². The normalized spacial score (nSPS) is 10.6. The summed E-state index contributed by atoms with van der Waals surface area (Å²) >= 11 is 0. The van der Waals surface area contributed by atoms with E-state index in [0.717, 1.165) is 24.0 Å². The van der Waals surface area contributed by atoms with Crippen LogP contribution in [0.5, 0.6) is 5.75 Å². The molecule has 3 nitrogen and oxygen atoms in total. The zero-order valence-corrected chi connectivity index (χ0v) is 13.4. The van der Waals surface area contributed by atoms with Crippen LogP contribution in [0, 0.1) is 6.92 Å². The largest absolute Gasteiger partial charge is 0.511 e. The van der Waals surface area contributed by atoms with E-state index in [4.69, 9.17) is 9.84 Å². The fraction of sp³-hybridized carbons (Fsp3) is 0.611. The summed E-state index contributed by atoms with van der Waals surface area (Å²) in [6, 6.07) is 5.58. The van der Waals surface area contributed by atoms with Gasteiger partial charge < -0.3 is 9.84 Å². The first-order valence-corrected chi connectivity index (χ1v) is 8.14. The van der Waals surface area contributed by atoms with Gasteiger partial charge in [0.15, 0.2) is 0 Å². The van der Waals surface area contributed by atoms with Crippen LogP contribution in [0.1, 0.15) is 69.4 Å². The van der Waals surface area contributed by atoms with Gasteiger partial charge in [-0.1, -0.05) is 64.0 Å². The zero-order chi connectivity index (χ0) is 15.5. The Morgan fingerprint density at radius 2 is 1.67 bits per heavy atom. The second kappa shape index (κ2) is 10.3. The third-order valence-corrected chi connectivity index (χ3v) is 3.84. The molecule has 0 aliphatic rings. The lowest BCUT2D eigenvalue weighted by atomic mass is 10.00. The molecule has 0 unspecified atom stereocenters. The van der Waals surface area contributed by atoms with E-state index in [1.54, 1.807) is 6.07 Å². The molecule has 3 heteroatoms. The molecule has 21 heavy (non-hydrogen) atoms. The Kier molecular flexibility index (Phi) is 8.56. The van der Waals surface area contributed by atoms with Crippen molar-refractivity contribution in [2.24, 2.45) is 0 Å². The maximum atomic E-state index is 10.7. The van der Waals surface area contributed by atoms with Crippen LogP contribution in [-0.4, -0.2) is 11.3 Å². The lowest BCUT2D eigenvalue weighted by molar-refractivity contribution is 0.144. The summed E-state index contributed by atoms with van der Waals surface area (Å²) in [7, 11) is 0. The van der Waals surface area contributed by atoms with Gasteiger partial charge in [0.2, 0.25) is 0 Å². The SMILES string of the molecule is CCCCCCCCCCc1c(C)cccc1OC(=O)O. The standard InChI is InChI=1S/C18H28O3/c1-3-4-5-6-7-8-9-10-13-16-15(2)12-11-14-17(16)21-18(19)20/h11-12,14H,3-10,13H2,1-2H3,(H,19,20). The van der Waals surface area contributed by atoms with E-state index in [0.29, 0.717) is 5.75 Å². The van der Waals surface area contributed by atoms with Gasteiger partial charge in [-0.05, 0) is 37.0 Å². The summed E-state index contributed by atoms with van der Waals surface area (Å²) in [4.78, 5) is 10.7. The maximum Gasteiger partial charge on any atom is 0.511 e. The highest BCUT2D eigenvalue weighted by molar-refractivity contribution is 5.62. The first-order chi connectivity index (χ1) is 10.1. The van der Waals surface area contributed by atoms with E-state index in [2.05, 4.69) is 6.92 Å². The van der Waals surface area contributed by atoms with Crippen LogP contribution in [0.3, 0.4) is 0 Å². The molecule has 1 aromatic carbocycles. The predicted octanol–water partition coefficient (Wildman–Crippen LogP) is 5.74. The molecular weight excluding hydrogens is 264 g/mol. The molecule has 0 aromatic heterocycles. The van der Waals surface area contributed by atoms with Gasteiger partial charge in [-0.25, -0.2) is 4.79 Å². The number of benzene rings is 1. The first-order valence-electron chi connectivity index (χ1n) is 8.14. The second-order valence-corrected chi connectivity index (χ2v) is 5.64. The fourth-order valence-electron chi connectivity index (χ4n) is 2.62. The Morgan fingerprint density at radius 1 is 1.05 bits per heavy atom. The van der Waals surface area contributed by atoms with Crippen LogP contribution < -0.4 is 4.74 Å². The van der Waals surface area contributed by atoms with Gasteiger partial charge in [-0.3, -0.25) is 0 Å². The average molecular weight is 292 g/mol. The second-order valence-electron chi connectivity index (χ2n) is 5.64. The Bertz CT molecular complexity index is 426.